The Balaban J connectivity index is 2.13. The molecule has 1 aliphatic heterocycles. The molecule has 1 unspecified atom stereocenters. The molecule has 0 amide bonds. The molecule has 2 heterocycles. The van der Waals surface area contributed by atoms with Crippen LogP contribution < -0.4 is 0 Å². The van der Waals surface area contributed by atoms with Gasteiger partial charge in [0, 0.05) is 30.7 Å². The van der Waals surface area contributed by atoms with Crippen LogP contribution in [-0.2, 0) is 12.6 Å². The van der Waals surface area contributed by atoms with Gasteiger partial charge in [-0.15, -0.1) is 0 Å². The fourth-order valence-electron chi connectivity index (χ4n) is 3.17. The molecule has 1 aromatic carbocycles. The molecule has 96 valence electrons. The number of aliphatic hydroxyl groups is 1. The Bertz CT molecular complexity index is 575. The average Bonchev–Trinajstić information content (AvgIpc) is 2.71. The smallest absolute Gasteiger partial charge is 0.103 e. The first-order chi connectivity index (χ1) is 8.60. The van der Waals surface area contributed by atoms with Crippen molar-refractivity contribution in [3.63, 3.8) is 0 Å². The number of aryl methyl sites for hydroxylation is 1. The second-order valence-electron chi connectivity index (χ2n) is 5.54. The van der Waals surface area contributed by atoms with E-state index < -0.39 is 5.60 Å². The van der Waals surface area contributed by atoms with Crippen molar-refractivity contribution in [3.05, 3.63) is 36.0 Å². The number of hydrogen-bond donors (Lipinski definition) is 1. The molecule has 3 rings (SSSR count). The van der Waals surface area contributed by atoms with Gasteiger partial charge in [0.15, 0.2) is 0 Å². The highest BCUT2D eigenvalue weighted by Gasteiger charge is 2.34. The summed E-state index contributed by atoms with van der Waals surface area (Å²) in [5.41, 5.74) is 1.56. The summed E-state index contributed by atoms with van der Waals surface area (Å²) in [6.45, 7) is 1.80. The van der Waals surface area contributed by atoms with Gasteiger partial charge in [0.2, 0.25) is 0 Å². The van der Waals surface area contributed by atoms with Crippen LogP contribution in [0.4, 0.5) is 0 Å². The van der Waals surface area contributed by atoms with E-state index in [0.717, 1.165) is 31.5 Å². The fraction of sp³-hybridized carbons (Fsp3) is 0.467. The maximum Gasteiger partial charge on any atom is 0.103 e. The minimum absolute atomic E-state index is 0.701. The Hall–Kier alpha value is -1.32. The van der Waals surface area contributed by atoms with Crippen molar-refractivity contribution >= 4 is 10.9 Å². The third-order valence-electron chi connectivity index (χ3n) is 4.09. The van der Waals surface area contributed by atoms with E-state index in [9.17, 15) is 5.11 Å². The standard InChI is InChI=1S/C15H20N2O/c1-16-9-4-8-15(18,11-16)13-5-3-6-14-12(13)7-10-17(14)2/h3,5-7,10,18H,4,8-9,11H2,1-2H3. The van der Waals surface area contributed by atoms with Crippen LogP contribution in [0.3, 0.4) is 0 Å². The molecule has 3 heteroatoms. The molecule has 1 atom stereocenters. The van der Waals surface area contributed by atoms with Crippen molar-refractivity contribution in [2.24, 2.45) is 7.05 Å². The number of rotatable bonds is 1. The molecule has 0 spiro atoms. The third-order valence-corrected chi connectivity index (χ3v) is 4.09. The lowest BCUT2D eigenvalue weighted by Crippen LogP contribution is -2.44. The molecule has 3 nitrogen and oxygen atoms in total. The molecule has 0 aliphatic carbocycles. The van der Waals surface area contributed by atoms with Crippen LogP contribution in [0.5, 0.6) is 0 Å². The van der Waals surface area contributed by atoms with E-state index in [1.165, 1.54) is 10.9 Å². The van der Waals surface area contributed by atoms with E-state index in [1.807, 2.05) is 13.1 Å². The summed E-state index contributed by atoms with van der Waals surface area (Å²) in [7, 11) is 4.12. The van der Waals surface area contributed by atoms with Crippen LogP contribution in [0.15, 0.2) is 30.5 Å². The number of likely N-dealkylation sites (N-methyl/N-ethyl adjacent to an activating group) is 1. The molecule has 1 fully saturated rings. The van der Waals surface area contributed by atoms with Crippen molar-refractivity contribution < 1.29 is 5.11 Å². The van der Waals surface area contributed by atoms with Gasteiger partial charge >= 0.3 is 0 Å². The second-order valence-corrected chi connectivity index (χ2v) is 5.54. The van der Waals surface area contributed by atoms with Gasteiger partial charge in [-0.05, 0) is 44.1 Å². The number of piperidine rings is 1. The number of nitrogens with zero attached hydrogens (tertiary/aromatic N) is 2. The van der Waals surface area contributed by atoms with Gasteiger partial charge in [-0.3, -0.25) is 0 Å². The van der Waals surface area contributed by atoms with Crippen LogP contribution in [0.1, 0.15) is 18.4 Å². The van der Waals surface area contributed by atoms with Crippen LogP contribution in [0.2, 0.25) is 0 Å². The summed E-state index contributed by atoms with van der Waals surface area (Å²) in [4.78, 5) is 2.21. The number of fused-ring (bicyclic) bond motifs is 1. The highest BCUT2D eigenvalue weighted by Crippen LogP contribution is 2.35. The largest absolute Gasteiger partial charge is 0.384 e. The normalized spacial score (nSPS) is 25.7. The lowest BCUT2D eigenvalue weighted by Gasteiger charge is -2.38. The summed E-state index contributed by atoms with van der Waals surface area (Å²) in [6.07, 6.45) is 3.96. The lowest BCUT2D eigenvalue weighted by atomic mass is 9.84. The molecule has 1 N–H and O–H groups in total. The number of hydrogen-bond acceptors (Lipinski definition) is 2. The van der Waals surface area contributed by atoms with Crippen LogP contribution in [-0.4, -0.2) is 34.7 Å². The Morgan fingerprint density at radius 3 is 2.83 bits per heavy atom. The number of benzene rings is 1. The van der Waals surface area contributed by atoms with Gasteiger partial charge in [0.25, 0.3) is 0 Å². The second kappa shape index (κ2) is 4.11. The van der Waals surface area contributed by atoms with E-state index in [-0.39, 0.29) is 0 Å². The van der Waals surface area contributed by atoms with Crippen LogP contribution in [0.25, 0.3) is 10.9 Å². The summed E-state index contributed by atoms with van der Waals surface area (Å²) >= 11 is 0. The van der Waals surface area contributed by atoms with Crippen molar-refractivity contribution in [1.82, 2.24) is 9.47 Å². The zero-order valence-corrected chi connectivity index (χ0v) is 11.1. The van der Waals surface area contributed by atoms with Crippen LogP contribution in [0, 0.1) is 0 Å². The summed E-state index contributed by atoms with van der Waals surface area (Å²) in [6, 6.07) is 8.33. The highest BCUT2D eigenvalue weighted by atomic mass is 16.3. The monoisotopic (exact) mass is 244 g/mol. The molecule has 1 aromatic heterocycles. The zero-order chi connectivity index (χ0) is 12.8. The van der Waals surface area contributed by atoms with Crippen molar-refractivity contribution in [2.45, 2.75) is 18.4 Å². The Labute approximate surface area is 108 Å². The van der Waals surface area contributed by atoms with Gasteiger partial charge in [-0.25, -0.2) is 0 Å². The van der Waals surface area contributed by atoms with Gasteiger partial charge < -0.3 is 14.6 Å². The zero-order valence-electron chi connectivity index (χ0n) is 11.1. The number of aromatic nitrogens is 1. The first-order valence-electron chi connectivity index (χ1n) is 6.56. The van der Waals surface area contributed by atoms with E-state index in [4.69, 9.17) is 0 Å². The molecule has 0 saturated carbocycles. The first kappa shape index (κ1) is 11.8. The van der Waals surface area contributed by atoms with Gasteiger partial charge in [-0.1, -0.05) is 12.1 Å². The van der Waals surface area contributed by atoms with Gasteiger partial charge in [0.1, 0.15) is 5.60 Å². The molecule has 1 saturated heterocycles. The summed E-state index contributed by atoms with van der Waals surface area (Å²) in [5.74, 6) is 0. The quantitative estimate of drug-likeness (QED) is 0.832. The molecule has 18 heavy (non-hydrogen) atoms. The van der Waals surface area contributed by atoms with Crippen molar-refractivity contribution in [3.8, 4) is 0 Å². The SMILES string of the molecule is CN1CCCC(O)(c2cccc3c2ccn3C)C1. The van der Waals surface area contributed by atoms with Crippen LogP contribution >= 0.6 is 0 Å². The first-order valence-corrected chi connectivity index (χ1v) is 6.56. The molecule has 2 aromatic rings. The number of likely N-dealkylation sites (tertiary alicyclic amines) is 1. The van der Waals surface area contributed by atoms with E-state index in [0.29, 0.717) is 0 Å². The predicted molar refractivity (Wildman–Crippen MR) is 73.5 cm³/mol. The Morgan fingerprint density at radius 2 is 2.06 bits per heavy atom. The minimum atomic E-state index is -0.701. The predicted octanol–water partition coefficient (Wildman–Crippen LogP) is 2.09. The van der Waals surface area contributed by atoms with E-state index in [1.54, 1.807) is 0 Å². The Kier molecular flexibility index (Phi) is 2.68. The molecular formula is C15H20N2O. The number of β-amino-alcohol motifs (C(OH)–C–C–N with tert-alkyl or cyclic N) is 1. The van der Waals surface area contributed by atoms with E-state index >= 15 is 0 Å². The topological polar surface area (TPSA) is 28.4 Å². The molecule has 0 radical (unpaired) electrons. The molecular weight excluding hydrogens is 224 g/mol. The van der Waals surface area contributed by atoms with Gasteiger partial charge in [0.05, 0.1) is 0 Å². The average molecular weight is 244 g/mol. The highest BCUT2D eigenvalue weighted by molar-refractivity contribution is 5.84. The maximum absolute atomic E-state index is 11.0. The Morgan fingerprint density at radius 1 is 1.22 bits per heavy atom. The maximum atomic E-state index is 11.0. The van der Waals surface area contributed by atoms with Crippen molar-refractivity contribution in [1.29, 1.82) is 0 Å². The summed E-state index contributed by atoms with van der Waals surface area (Å²) < 4.78 is 2.11. The third kappa shape index (κ3) is 1.74. The van der Waals surface area contributed by atoms with Crippen molar-refractivity contribution in [2.75, 3.05) is 20.1 Å². The fourth-order valence-corrected chi connectivity index (χ4v) is 3.17. The minimum Gasteiger partial charge on any atom is -0.384 e. The molecule has 1 aliphatic rings. The summed E-state index contributed by atoms with van der Waals surface area (Å²) in [5, 5.41) is 12.1. The molecule has 0 bridgehead atoms. The van der Waals surface area contributed by atoms with E-state index in [2.05, 4.69) is 40.9 Å². The lowest BCUT2D eigenvalue weighted by molar-refractivity contribution is -0.0265. The van der Waals surface area contributed by atoms with Gasteiger partial charge in [-0.2, -0.15) is 0 Å².